The molecule has 0 aliphatic carbocycles. The summed E-state index contributed by atoms with van der Waals surface area (Å²) >= 11 is 0. The third-order valence-electron chi connectivity index (χ3n) is 5.48. The lowest BCUT2D eigenvalue weighted by atomic mass is 10.2. The van der Waals surface area contributed by atoms with E-state index in [0.717, 1.165) is 11.3 Å². The number of aryl methyl sites for hydroxylation is 1. The van der Waals surface area contributed by atoms with Crippen molar-refractivity contribution in [3.63, 3.8) is 0 Å². The molecule has 2 aromatic heterocycles. The molecule has 1 atom stereocenters. The van der Waals surface area contributed by atoms with Crippen LogP contribution < -0.4 is 5.76 Å². The minimum Gasteiger partial charge on any atom is -0.408 e. The van der Waals surface area contributed by atoms with Crippen molar-refractivity contribution in [2.24, 2.45) is 7.05 Å². The van der Waals surface area contributed by atoms with Gasteiger partial charge < -0.3 is 4.42 Å². The van der Waals surface area contributed by atoms with Crippen molar-refractivity contribution in [1.82, 2.24) is 23.9 Å². The molecule has 0 radical (unpaired) electrons. The summed E-state index contributed by atoms with van der Waals surface area (Å²) in [5, 5.41) is 8.44. The number of rotatable bonds is 4. The van der Waals surface area contributed by atoms with E-state index in [1.807, 2.05) is 36.5 Å². The highest BCUT2D eigenvalue weighted by molar-refractivity contribution is 7.89. The van der Waals surface area contributed by atoms with Crippen molar-refractivity contribution >= 4 is 21.1 Å². The van der Waals surface area contributed by atoms with Crippen LogP contribution in [0, 0.1) is 0 Å². The second-order valence-electron chi connectivity index (χ2n) is 7.31. The minimum absolute atomic E-state index is 0.0910. The van der Waals surface area contributed by atoms with Gasteiger partial charge in [-0.1, -0.05) is 35.5 Å². The first-order valence-corrected chi connectivity index (χ1v) is 10.9. The fourth-order valence-electron chi connectivity index (χ4n) is 3.76. The molecule has 0 spiro atoms. The molecule has 1 fully saturated rings. The van der Waals surface area contributed by atoms with Gasteiger partial charge >= 0.3 is 5.76 Å². The van der Waals surface area contributed by atoms with Gasteiger partial charge in [-0.3, -0.25) is 4.57 Å². The predicted molar refractivity (Wildman–Crippen MR) is 109 cm³/mol. The number of aromatic nitrogens is 4. The fraction of sp³-hybridized carbons (Fsp3) is 0.250. The normalized spacial score (nSPS) is 17.7. The Morgan fingerprint density at radius 3 is 2.73 bits per heavy atom. The van der Waals surface area contributed by atoms with Gasteiger partial charge in [0.2, 0.25) is 10.0 Å². The van der Waals surface area contributed by atoms with Gasteiger partial charge in [0.1, 0.15) is 5.69 Å². The number of hydrogen-bond acceptors (Lipinski definition) is 6. The van der Waals surface area contributed by atoms with Crippen molar-refractivity contribution in [3.8, 4) is 11.3 Å². The summed E-state index contributed by atoms with van der Waals surface area (Å²) in [4.78, 5) is 11.8. The van der Waals surface area contributed by atoms with Gasteiger partial charge in [0.05, 0.1) is 22.7 Å². The van der Waals surface area contributed by atoms with Gasteiger partial charge in [-0.15, -0.1) is 5.10 Å². The Hall–Kier alpha value is -3.24. The maximum absolute atomic E-state index is 13.2. The van der Waals surface area contributed by atoms with Crippen LogP contribution in [0.25, 0.3) is 22.4 Å². The summed E-state index contributed by atoms with van der Waals surface area (Å²) in [7, 11) is -2.16. The Balaban J connectivity index is 1.39. The summed E-state index contributed by atoms with van der Waals surface area (Å²) in [6, 6.07) is 14.1. The van der Waals surface area contributed by atoms with E-state index < -0.39 is 15.8 Å². The van der Waals surface area contributed by atoms with Gasteiger partial charge in [-0.25, -0.2) is 17.9 Å². The molecule has 0 bridgehead atoms. The molecule has 1 saturated heterocycles. The van der Waals surface area contributed by atoms with E-state index in [0.29, 0.717) is 30.6 Å². The molecule has 0 amide bonds. The Morgan fingerprint density at radius 1 is 1.13 bits per heavy atom. The maximum atomic E-state index is 13.2. The number of nitrogens with zero attached hydrogens (tertiary/aromatic N) is 5. The van der Waals surface area contributed by atoms with Gasteiger partial charge in [0.25, 0.3) is 0 Å². The van der Waals surface area contributed by atoms with Crippen LogP contribution in [0.15, 0.2) is 68.8 Å². The molecule has 1 aliphatic heterocycles. The van der Waals surface area contributed by atoms with Gasteiger partial charge in [-0.2, -0.15) is 4.31 Å². The van der Waals surface area contributed by atoms with E-state index in [1.54, 1.807) is 11.7 Å². The molecule has 4 aromatic rings. The number of oxazole rings is 1. The first kappa shape index (κ1) is 18.8. The molecule has 2 aromatic carbocycles. The smallest absolute Gasteiger partial charge is 0.408 e. The van der Waals surface area contributed by atoms with E-state index >= 15 is 0 Å². The van der Waals surface area contributed by atoms with E-state index in [2.05, 4.69) is 10.3 Å². The van der Waals surface area contributed by atoms with Crippen molar-refractivity contribution in [2.45, 2.75) is 17.4 Å². The monoisotopic (exact) mass is 425 g/mol. The van der Waals surface area contributed by atoms with Crippen LogP contribution in [-0.2, 0) is 17.1 Å². The zero-order chi connectivity index (χ0) is 20.9. The zero-order valence-corrected chi connectivity index (χ0v) is 17.0. The molecule has 10 heteroatoms. The quantitative estimate of drug-likeness (QED) is 0.496. The summed E-state index contributed by atoms with van der Waals surface area (Å²) in [5.41, 5.74) is 2.52. The van der Waals surface area contributed by atoms with Crippen molar-refractivity contribution in [2.75, 3.05) is 13.1 Å². The second-order valence-corrected chi connectivity index (χ2v) is 9.25. The average Bonchev–Trinajstić information content (AvgIpc) is 3.48. The minimum atomic E-state index is -3.71. The molecule has 3 heterocycles. The molecule has 9 nitrogen and oxygen atoms in total. The second kappa shape index (κ2) is 6.92. The lowest BCUT2D eigenvalue weighted by Crippen LogP contribution is -2.29. The predicted octanol–water partition coefficient (Wildman–Crippen LogP) is 2.03. The van der Waals surface area contributed by atoms with Crippen molar-refractivity contribution < 1.29 is 12.8 Å². The van der Waals surface area contributed by atoms with E-state index in [4.69, 9.17) is 4.42 Å². The molecular weight excluding hydrogens is 406 g/mol. The third-order valence-corrected chi connectivity index (χ3v) is 7.34. The Labute approximate surface area is 172 Å². The highest BCUT2D eigenvalue weighted by Crippen LogP contribution is 2.29. The summed E-state index contributed by atoms with van der Waals surface area (Å²) in [6.45, 7) is 0.693. The van der Waals surface area contributed by atoms with Crippen molar-refractivity contribution in [1.29, 1.82) is 0 Å². The van der Waals surface area contributed by atoms with E-state index in [9.17, 15) is 13.2 Å². The van der Waals surface area contributed by atoms with Crippen LogP contribution in [0.2, 0.25) is 0 Å². The average molecular weight is 425 g/mol. The molecule has 0 N–H and O–H groups in total. The Bertz CT molecular complexity index is 1390. The first-order chi connectivity index (χ1) is 14.4. The molecular formula is C20H19N5O4S. The summed E-state index contributed by atoms with van der Waals surface area (Å²) in [6.07, 6.45) is 2.49. The fourth-order valence-corrected chi connectivity index (χ4v) is 5.27. The number of benzene rings is 2. The van der Waals surface area contributed by atoms with Gasteiger partial charge in [0.15, 0.2) is 5.58 Å². The largest absolute Gasteiger partial charge is 0.419 e. The SMILES string of the molecule is Cn1c(=O)oc2ccc(S(=O)(=O)N3CCC(n4cc(-c5ccccc5)nn4)C3)cc21. The first-order valence-electron chi connectivity index (χ1n) is 9.50. The number of sulfonamides is 1. The maximum Gasteiger partial charge on any atom is 0.419 e. The summed E-state index contributed by atoms with van der Waals surface area (Å²) in [5.74, 6) is -0.527. The molecule has 30 heavy (non-hydrogen) atoms. The van der Waals surface area contributed by atoms with Gasteiger partial charge in [-0.05, 0) is 24.6 Å². The number of hydrogen-bond donors (Lipinski definition) is 0. The van der Waals surface area contributed by atoms with Crippen LogP contribution in [0.5, 0.6) is 0 Å². The van der Waals surface area contributed by atoms with Gasteiger partial charge in [0, 0.05) is 25.7 Å². The molecule has 1 aliphatic rings. The Kier molecular flexibility index (Phi) is 4.33. The van der Waals surface area contributed by atoms with Crippen molar-refractivity contribution in [3.05, 3.63) is 65.3 Å². The van der Waals surface area contributed by atoms with Crippen LogP contribution in [0.1, 0.15) is 12.5 Å². The molecule has 0 saturated carbocycles. The lowest BCUT2D eigenvalue weighted by molar-refractivity contribution is 0.428. The molecule has 154 valence electrons. The topological polar surface area (TPSA) is 103 Å². The molecule has 5 rings (SSSR count). The molecule has 1 unspecified atom stereocenters. The van der Waals surface area contributed by atoms with Crippen LogP contribution in [0.4, 0.5) is 0 Å². The summed E-state index contributed by atoms with van der Waals surface area (Å²) < 4.78 is 35.9. The highest BCUT2D eigenvalue weighted by Gasteiger charge is 2.34. The Morgan fingerprint density at radius 2 is 1.93 bits per heavy atom. The standard InChI is InChI=1S/C20H19N5O4S/c1-23-18-11-16(7-8-19(18)29-20(23)26)30(27,28)24-10-9-15(12-24)25-13-17(21-22-25)14-5-3-2-4-6-14/h2-8,11,13,15H,9-10,12H2,1H3. The highest BCUT2D eigenvalue weighted by atomic mass is 32.2. The van der Waals surface area contributed by atoms with E-state index in [1.165, 1.54) is 27.1 Å². The van der Waals surface area contributed by atoms with Crippen LogP contribution in [-0.4, -0.2) is 45.4 Å². The zero-order valence-electron chi connectivity index (χ0n) is 16.2. The van der Waals surface area contributed by atoms with E-state index in [-0.39, 0.29) is 10.9 Å². The number of fused-ring (bicyclic) bond motifs is 1. The van der Waals surface area contributed by atoms with Crippen LogP contribution in [0.3, 0.4) is 0 Å². The third kappa shape index (κ3) is 3.04. The van der Waals surface area contributed by atoms with Crippen LogP contribution >= 0.6 is 0 Å². The lowest BCUT2D eigenvalue weighted by Gasteiger charge is -2.16.